The first-order valence-corrected chi connectivity index (χ1v) is 6.01. The van der Waals surface area contributed by atoms with Crippen LogP contribution >= 0.6 is 11.3 Å². The summed E-state index contributed by atoms with van der Waals surface area (Å²) >= 11 is 1.09. The lowest BCUT2D eigenvalue weighted by atomic mass is 10.3. The quantitative estimate of drug-likeness (QED) is 0.519. The van der Waals surface area contributed by atoms with Gasteiger partial charge in [-0.15, -0.1) is 11.3 Å². The summed E-state index contributed by atoms with van der Waals surface area (Å²) in [6.45, 7) is 1.39. The number of para-hydroxylation sites is 1. The summed E-state index contributed by atoms with van der Waals surface area (Å²) in [6, 6.07) is 10.4. The second-order valence-electron chi connectivity index (χ2n) is 3.63. The van der Waals surface area contributed by atoms with Crippen molar-refractivity contribution in [1.29, 1.82) is 0 Å². The molecule has 1 aromatic carbocycles. The monoisotopic (exact) mass is 262 g/mol. The number of Topliss-reactive ketones (excluding diaryl/α,β-unsaturated/α-hetero) is 1. The average Bonchev–Trinajstić information content (AvgIpc) is 2.74. The maximum atomic E-state index is 11.2. The van der Waals surface area contributed by atoms with Gasteiger partial charge in [-0.1, -0.05) is 18.2 Å². The van der Waals surface area contributed by atoms with Crippen LogP contribution in [0.2, 0.25) is 0 Å². The van der Waals surface area contributed by atoms with Crippen LogP contribution in [0.4, 0.5) is 16.4 Å². The molecule has 2 rings (SSSR count). The first-order valence-electron chi connectivity index (χ1n) is 5.19. The van der Waals surface area contributed by atoms with Crippen LogP contribution in [0.25, 0.3) is 0 Å². The van der Waals surface area contributed by atoms with E-state index in [-0.39, 0.29) is 11.5 Å². The van der Waals surface area contributed by atoms with Crippen molar-refractivity contribution < 1.29 is 9.72 Å². The lowest BCUT2D eigenvalue weighted by molar-refractivity contribution is -0.383. The lowest BCUT2D eigenvalue weighted by Crippen LogP contribution is -1.92. The maximum absolute atomic E-state index is 11.2. The zero-order valence-corrected chi connectivity index (χ0v) is 10.4. The Morgan fingerprint density at radius 2 is 2.00 bits per heavy atom. The van der Waals surface area contributed by atoms with Gasteiger partial charge in [0.25, 0.3) is 0 Å². The van der Waals surface area contributed by atoms with E-state index in [0.717, 1.165) is 17.0 Å². The molecule has 0 saturated heterocycles. The zero-order valence-electron chi connectivity index (χ0n) is 9.54. The van der Waals surface area contributed by atoms with Crippen molar-refractivity contribution in [3.05, 3.63) is 51.4 Å². The third-order valence-electron chi connectivity index (χ3n) is 2.29. The number of ketones is 1. The van der Waals surface area contributed by atoms with Crippen molar-refractivity contribution in [1.82, 2.24) is 0 Å². The molecule has 5 nitrogen and oxygen atoms in total. The van der Waals surface area contributed by atoms with E-state index in [1.165, 1.54) is 13.0 Å². The third kappa shape index (κ3) is 2.54. The number of anilines is 2. The molecule has 0 aliphatic rings. The number of benzene rings is 1. The van der Waals surface area contributed by atoms with Crippen LogP contribution in [-0.2, 0) is 0 Å². The summed E-state index contributed by atoms with van der Waals surface area (Å²) in [4.78, 5) is 22.0. The van der Waals surface area contributed by atoms with Gasteiger partial charge in [0.1, 0.15) is 0 Å². The summed E-state index contributed by atoms with van der Waals surface area (Å²) < 4.78 is 0. The van der Waals surface area contributed by atoms with E-state index in [4.69, 9.17) is 0 Å². The van der Waals surface area contributed by atoms with Gasteiger partial charge in [0, 0.05) is 11.8 Å². The van der Waals surface area contributed by atoms with Gasteiger partial charge < -0.3 is 5.32 Å². The van der Waals surface area contributed by atoms with E-state index in [9.17, 15) is 14.9 Å². The largest absolute Gasteiger partial charge is 0.342 e. The molecular weight excluding hydrogens is 252 g/mol. The maximum Gasteiger partial charge on any atom is 0.304 e. The summed E-state index contributed by atoms with van der Waals surface area (Å²) in [5, 5.41) is 14.2. The molecule has 0 radical (unpaired) electrons. The van der Waals surface area contributed by atoms with E-state index < -0.39 is 4.92 Å². The summed E-state index contributed by atoms with van der Waals surface area (Å²) in [6.07, 6.45) is 0. The van der Waals surface area contributed by atoms with Crippen LogP contribution in [0.5, 0.6) is 0 Å². The van der Waals surface area contributed by atoms with Crippen molar-refractivity contribution in [2.45, 2.75) is 6.92 Å². The molecule has 0 aliphatic heterocycles. The van der Waals surface area contributed by atoms with Crippen molar-refractivity contribution in [3.8, 4) is 0 Å². The predicted molar refractivity (Wildman–Crippen MR) is 70.7 cm³/mol. The molecule has 18 heavy (non-hydrogen) atoms. The highest BCUT2D eigenvalue weighted by molar-refractivity contribution is 7.18. The van der Waals surface area contributed by atoms with Crippen LogP contribution in [0.3, 0.4) is 0 Å². The molecule has 0 amide bonds. The Bertz CT molecular complexity index is 593. The number of carbonyl (C=O) groups is 1. The molecule has 0 unspecified atom stereocenters. The molecule has 1 aromatic heterocycles. The van der Waals surface area contributed by atoms with Crippen molar-refractivity contribution in [2.24, 2.45) is 0 Å². The normalized spacial score (nSPS) is 10.1. The van der Waals surface area contributed by atoms with Gasteiger partial charge in [-0.2, -0.15) is 0 Å². The topological polar surface area (TPSA) is 72.2 Å². The number of nitrogens with one attached hydrogen (secondary N) is 1. The number of rotatable bonds is 4. The Labute approximate surface area is 107 Å². The molecule has 92 valence electrons. The molecule has 0 atom stereocenters. The molecule has 0 aliphatic carbocycles. The van der Waals surface area contributed by atoms with E-state index >= 15 is 0 Å². The van der Waals surface area contributed by atoms with Gasteiger partial charge in [-0.05, 0) is 19.1 Å². The second-order valence-corrected chi connectivity index (χ2v) is 4.68. The Kier molecular flexibility index (Phi) is 3.38. The van der Waals surface area contributed by atoms with E-state index in [2.05, 4.69) is 5.32 Å². The number of thiophene rings is 1. The third-order valence-corrected chi connectivity index (χ3v) is 3.43. The number of carbonyl (C=O) groups excluding carboxylic acids is 1. The fraction of sp³-hybridized carbons (Fsp3) is 0.0833. The molecule has 0 bridgehead atoms. The van der Waals surface area contributed by atoms with Gasteiger partial charge >= 0.3 is 5.69 Å². The van der Waals surface area contributed by atoms with E-state index in [1.807, 2.05) is 18.2 Å². The van der Waals surface area contributed by atoms with Crippen LogP contribution < -0.4 is 5.32 Å². The van der Waals surface area contributed by atoms with Crippen LogP contribution in [-0.4, -0.2) is 10.7 Å². The SMILES string of the molecule is CC(=O)c1cc([N+](=O)[O-])c(Nc2ccccc2)s1. The highest BCUT2D eigenvalue weighted by Crippen LogP contribution is 2.36. The van der Waals surface area contributed by atoms with Crippen molar-refractivity contribution in [3.63, 3.8) is 0 Å². The molecule has 1 heterocycles. The molecule has 0 spiro atoms. The van der Waals surface area contributed by atoms with Gasteiger partial charge in [0.05, 0.1) is 9.80 Å². The smallest absolute Gasteiger partial charge is 0.304 e. The predicted octanol–water partition coefficient (Wildman–Crippen LogP) is 3.60. The van der Waals surface area contributed by atoms with E-state index in [0.29, 0.717) is 9.88 Å². The Morgan fingerprint density at radius 1 is 1.33 bits per heavy atom. The van der Waals surface area contributed by atoms with Crippen LogP contribution in [0.15, 0.2) is 36.4 Å². The van der Waals surface area contributed by atoms with Crippen LogP contribution in [0, 0.1) is 10.1 Å². The lowest BCUT2D eigenvalue weighted by Gasteiger charge is -2.02. The Morgan fingerprint density at radius 3 is 2.56 bits per heavy atom. The zero-order chi connectivity index (χ0) is 13.1. The Balaban J connectivity index is 2.37. The molecule has 0 saturated carbocycles. The van der Waals surface area contributed by atoms with Crippen molar-refractivity contribution >= 4 is 33.5 Å². The highest BCUT2D eigenvalue weighted by Gasteiger charge is 2.20. The number of hydrogen-bond acceptors (Lipinski definition) is 5. The summed E-state index contributed by atoms with van der Waals surface area (Å²) in [5.41, 5.74) is 0.673. The van der Waals surface area contributed by atoms with Gasteiger partial charge in [-0.25, -0.2) is 0 Å². The molecular formula is C12H10N2O3S. The minimum atomic E-state index is -0.492. The summed E-state index contributed by atoms with van der Waals surface area (Å²) in [7, 11) is 0. The minimum absolute atomic E-state index is 0.0750. The van der Waals surface area contributed by atoms with Crippen molar-refractivity contribution in [2.75, 3.05) is 5.32 Å². The van der Waals surface area contributed by atoms with E-state index in [1.54, 1.807) is 12.1 Å². The Hall–Kier alpha value is -2.21. The standard InChI is InChI=1S/C12H10N2O3S/c1-8(15)11-7-10(14(16)17)12(18-11)13-9-5-3-2-4-6-9/h2-7,13H,1H3. The van der Waals surface area contributed by atoms with Crippen LogP contribution in [0.1, 0.15) is 16.6 Å². The number of hydrogen-bond donors (Lipinski definition) is 1. The first kappa shape index (κ1) is 12.3. The molecule has 6 heteroatoms. The molecule has 0 fully saturated rings. The second kappa shape index (κ2) is 4.97. The fourth-order valence-corrected chi connectivity index (χ4v) is 2.37. The summed E-state index contributed by atoms with van der Waals surface area (Å²) in [5.74, 6) is -0.177. The highest BCUT2D eigenvalue weighted by atomic mass is 32.1. The first-order chi connectivity index (χ1) is 8.58. The molecule has 2 aromatic rings. The number of nitrogens with zero attached hydrogens (tertiary/aromatic N) is 1. The number of nitro groups is 1. The fourth-order valence-electron chi connectivity index (χ4n) is 1.43. The van der Waals surface area contributed by atoms with Gasteiger partial charge in [0.15, 0.2) is 10.8 Å². The van der Waals surface area contributed by atoms with Gasteiger partial charge in [-0.3, -0.25) is 14.9 Å². The van der Waals surface area contributed by atoms with Gasteiger partial charge in [0.2, 0.25) is 0 Å². The minimum Gasteiger partial charge on any atom is -0.342 e. The average molecular weight is 262 g/mol. The molecule has 1 N–H and O–H groups in total.